The summed E-state index contributed by atoms with van der Waals surface area (Å²) in [6.07, 6.45) is 7.65. The number of thiazole rings is 1. The van der Waals surface area contributed by atoms with E-state index in [1.807, 2.05) is 12.4 Å². The fourth-order valence-electron chi connectivity index (χ4n) is 2.66. The Balaban J connectivity index is 2.06. The summed E-state index contributed by atoms with van der Waals surface area (Å²) in [6.45, 7) is 0.924. The third kappa shape index (κ3) is 4.32. The summed E-state index contributed by atoms with van der Waals surface area (Å²) in [5.41, 5.74) is 0.594. The maximum atomic E-state index is 9.09. The van der Waals surface area contributed by atoms with Gasteiger partial charge in [0, 0.05) is 17.8 Å². The van der Waals surface area contributed by atoms with E-state index >= 15 is 0 Å². The Kier molecular flexibility index (Phi) is 5.94. The van der Waals surface area contributed by atoms with Crippen molar-refractivity contribution in [1.29, 1.82) is 5.26 Å². The third-order valence-electron chi connectivity index (χ3n) is 4.13. The van der Waals surface area contributed by atoms with Gasteiger partial charge >= 0.3 is 0 Å². The third-order valence-corrected chi connectivity index (χ3v) is 5.87. The molecule has 0 atom stereocenters. The highest BCUT2D eigenvalue weighted by Gasteiger charge is 2.19. The number of hydrogen-bond donors (Lipinski definition) is 0. The number of benzene rings is 1. The van der Waals surface area contributed by atoms with Gasteiger partial charge in [0.2, 0.25) is 6.19 Å². The van der Waals surface area contributed by atoms with Crippen LogP contribution in [-0.2, 0) is 6.54 Å². The summed E-state index contributed by atoms with van der Waals surface area (Å²) < 4.78 is 8.47. The van der Waals surface area contributed by atoms with E-state index < -0.39 is 0 Å². The second kappa shape index (κ2) is 8.17. The lowest BCUT2D eigenvalue weighted by Crippen LogP contribution is -2.24. The number of rotatable bonds is 4. The van der Waals surface area contributed by atoms with Crippen molar-refractivity contribution in [2.75, 3.05) is 7.11 Å². The molecule has 0 aliphatic heterocycles. The van der Waals surface area contributed by atoms with Crippen molar-refractivity contribution >= 4 is 44.7 Å². The predicted molar refractivity (Wildman–Crippen MR) is 103 cm³/mol. The van der Waals surface area contributed by atoms with E-state index in [2.05, 4.69) is 30.5 Å². The molecule has 0 amide bonds. The van der Waals surface area contributed by atoms with Crippen molar-refractivity contribution in [2.24, 2.45) is 15.9 Å². The molecule has 130 valence electrons. The van der Waals surface area contributed by atoms with Crippen LogP contribution in [0.1, 0.15) is 24.8 Å². The van der Waals surface area contributed by atoms with Gasteiger partial charge in [-0.25, -0.2) is 0 Å². The van der Waals surface area contributed by atoms with Crippen molar-refractivity contribution in [1.82, 2.24) is 4.57 Å². The second-order valence-electron chi connectivity index (χ2n) is 5.76. The molecule has 0 bridgehead atoms. The minimum absolute atomic E-state index is 0.290. The highest BCUT2D eigenvalue weighted by Crippen LogP contribution is 2.28. The average molecular weight is 440 g/mol. The quantitative estimate of drug-likeness (QED) is 0.397. The summed E-state index contributed by atoms with van der Waals surface area (Å²) in [5, 5.41) is 9.63. The topological polar surface area (TPSA) is 62.7 Å². The van der Waals surface area contributed by atoms with E-state index in [1.165, 1.54) is 30.6 Å². The fraction of sp³-hybridized carbons (Fsp3) is 0.353. The number of hydrogen-bond acceptors (Lipinski definition) is 4. The lowest BCUT2D eigenvalue weighted by molar-refractivity contribution is 0.274. The van der Waals surface area contributed by atoms with Crippen LogP contribution in [0.4, 0.5) is 0 Å². The van der Waals surface area contributed by atoms with Crippen LogP contribution >= 0.6 is 38.9 Å². The van der Waals surface area contributed by atoms with Crippen LogP contribution in [0.15, 0.2) is 38.2 Å². The number of methoxy groups -OCH3 is 1. The monoisotopic (exact) mass is 438 g/mol. The number of halogens is 2. The van der Waals surface area contributed by atoms with Crippen LogP contribution in [-0.4, -0.2) is 17.5 Å². The highest BCUT2D eigenvalue weighted by atomic mass is 79.9. The summed E-state index contributed by atoms with van der Waals surface area (Å²) in [4.78, 5) is 9.33. The molecule has 8 heteroatoms. The Hall–Kier alpha value is -1.62. The molecule has 1 saturated carbocycles. The summed E-state index contributed by atoms with van der Waals surface area (Å²) in [7, 11) is 1.56. The van der Waals surface area contributed by atoms with Gasteiger partial charge in [-0.1, -0.05) is 29.4 Å². The van der Waals surface area contributed by atoms with Gasteiger partial charge < -0.3 is 9.30 Å². The first-order valence-corrected chi connectivity index (χ1v) is 9.80. The molecule has 1 aliphatic carbocycles. The number of nitriles is 1. The zero-order valence-electron chi connectivity index (χ0n) is 13.6. The largest absolute Gasteiger partial charge is 0.496 e. The lowest BCUT2D eigenvalue weighted by Gasteiger charge is -2.25. The van der Waals surface area contributed by atoms with E-state index in [0.717, 1.165) is 15.1 Å². The van der Waals surface area contributed by atoms with E-state index in [-0.39, 0.29) is 0 Å². The predicted octanol–water partition coefficient (Wildman–Crippen LogP) is 4.60. The van der Waals surface area contributed by atoms with Crippen LogP contribution in [0, 0.1) is 17.4 Å². The first-order valence-electron chi connectivity index (χ1n) is 7.82. The standard InChI is InChI=1S/C17H16BrClN4OS/c1-24-14-6-5-12(19)7-13(14)16(21-10-20)22-17-23(9-15(18)25-17)8-11-3-2-4-11/h5-7,9,11H,2-4,8H2,1H3/b21-16+,22-17-. The van der Waals surface area contributed by atoms with Crippen molar-refractivity contribution in [3.8, 4) is 11.9 Å². The second-order valence-corrected chi connectivity index (χ2v) is 8.58. The molecule has 1 aliphatic rings. The maximum Gasteiger partial charge on any atom is 0.207 e. The van der Waals surface area contributed by atoms with E-state index in [4.69, 9.17) is 21.6 Å². The zero-order chi connectivity index (χ0) is 17.8. The average Bonchev–Trinajstić information content (AvgIpc) is 2.90. The smallest absolute Gasteiger partial charge is 0.207 e. The van der Waals surface area contributed by atoms with Crippen LogP contribution in [0.25, 0.3) is 0 Å². The number of ether oxygens (including phenoxy) is 1. The molecule has 1 aromatic heterocycles. The van der Waals surface area contributed by atoms with Gasteiger partial charge in [0.1, 0.15) is 5.75 Å². The molecule has 0 unspecified atom stereocenters. The van der Waals surface area contributed by atoms with Crippen LogP contribution < -0.4 is 9.54 Å². The van der Waals surface area contributed by atoms with Gasteiger partial charge in [0.05, 0.1) is 16.5 Å². The van der Waals surface area contributed by atoms with Gasteiger partial charge in [-0.3, -0.25) is 0 Å². The minimum Gasteiger partial charge on any atom is -0.496 e. The fourth-order valence-corrected chi connectivity index (χ4v) is 4.24. The van der Waals surface area contributed by atoms with Gasteiger partial charge in [0.15, 0.2) is 10.6 Å². The van der Waals surface area contributed by atoms with Crippen LogP contribution in [0.5, 0.6) is 5.75 Å². The molecule has 1 aromatic carbocycles. The Bertz CT molecular complexity index is 908. The molecule has 25 heavy (non-hydrogen) atoms. The Morgan fingerprint density at radius 2 is 2.32 bits per heavy atom. The molecule has 0 N–H and O–H groups in total. The van der Waals surface area contributed by atoms with E-state index in [0.29, 0.717) is 28.1 Å². The molecule has 0 saturated heterocycles. The number of aliphatic imine (C=N–C) groups is 1. The summed E-state index contributed by atoms with van der Waals surface area (Å²) in [5.74, 6) is 1.55. The van der Waals surface area contributed by atoms with Crippen molar-refractivity contribution in [2.45, 2.75) is 25.8 Å². The van der Waals surface area contributed by atoms with Crippen LogP contribution in [0.2, 0.25) is 5.02 Å². The molecule has 5 nitrogen and oxygen atoms in total. The van der Waals surface area contributed by atoms with Gasteiger partial charge in [-0.15, -0.1) is 0 Å². The van der Waals surface area contributed by atoms with Gasteiger partial charge in [-0.2, -0.15) is 15.2 Å². The van der Waals surface area contributed by atoms with Gasteiger partial charge in [0.25, 0.3) is 0 Å². The Morgan fingerprint density at radius 3 is 2.96 bits per heavy atom. The minimum atomic E-state index is 0.290. The Morgan fingerprint density at radius 1 is 1.52 bits per heavy atom. The normalized spacial score (nSPS) is 15.8. The molecule has 1 fully saturated rings. The summed E-state index contributed by atoms with van der Waals surface area (Å²) >= 11 is 11.1. The maximum absolute atomic E-state index is 9.09. The molecule has 0 spiro atoms. The van der Waals surface area contributed by atoms with Crippen molar-refractivity contribution in [3.05, 3.63) is 43.6 Å². The zero-order valence-corrected chi connectivity index (χ0v) is 16.7. The molecular weight excluding hydrogens is 424 g/mol. The first kappa shape index (κ1) is 18.2. The number of aromatic nitrogens is 1. The first-order chi connectivity index (χ1) is 12.1. The van der Waals surface area contributed by atoms with Gasteiger partial charge in [-0.05, 0) is 52.9 Å². The SMILES string of the molecule is COc1ccc(Cl)cc1C(/N=c1\sc(Br)cn1CC1CCC1)=N\C#N. The Labute approximate surface area is 163 Å². The van der Waals surface area contributed by atoms with E-state index in [9.17, 15) is 0 Å². The van der Waals surface area contributed by atoms with Crippen LogP contribution in [0.3, 0.4) is 0 Å². The summed E-state index contributed by atoms with van der Waals surface area (Å²) in [6, 6.07) is 5.18. The van der Waals surface area contributed by atoms with Crippen molar-refractivity contribution in [3.63, 3.8) is 0 Å². The molecular formula is C17H16BrClN4OS. The highest BCUT2D eigenvalue weighted by molar-refractivity contribution is 9.11. The number of nitrogens with zero attached hydrogens (tertiary/aromatic N) is 4. The van der Waals surface area contributed by atoms with Crippen molar-refractivity contribution < 1.29 is 4.74 Å². The number of amidine groups is 1. The molecule has 0 radical (unpaired) electrons. The molecule has 3 rings (SSSR count). The molecule has 1 heterocycles. The van der Waals surface area contributed by atoms with E-state index in [1.54, 1.807) is 25.3 Å². The molecule has 2 aromatic rings. The lowest BCUT2D eigenvalue weighted by atomic mass is 9.85.